The fourth-order valence-corrected chi connectivity index (χ4v) is 3.82. The summed E-state index contributed by atoms with van der Waals surface area (Å²) < 4.78 is 10.9. The predicted octanol–water partition coefficient (Wildman–Crippen LogP) is 3.25. The number of carbonyl (C=O) groups is 3. The molecule has 0 saturated heterocycles. The van der Waals surface area contributed by atoms with E-state index in [9.17, 15) is 14.4 Å². The lowest BCUT2D eigenvalue weighted by Gasteiger charge is -2.33. The quantitative estimate of drug-likeness (QED) is 0.671. The first-order chi connectivity index (χ1) is 15.0. The summed E-state index contributed by atoms with van der Waals surface area (Å²) in [4.78, 5) is 39.2. The van der Waals surface area contributed by atoms with Crippen LogP contribution < -0.4 is 15.4 Å². The lowest BCUT2D eigenvalue weighted by molar-refractivity contribution is -0.136. The molecule has 0 radical (unpaired) electrons. The van der Waals surface area contributed by atoms with E-state index < -0.39 is 23.9 Å². The third-order valence-electron chi connectivity index (χ3n) is 4.94. The second-order valence-corrected chi connectivity index (χ2v) is 7.37. The number of hydrogen-bond donors (Lipinski definition) is 2. The van der Waals surface area contributed by atoms with Crippen molar-refractivity contribution < 1.29 is 23.9 Å². The van der Waals surface area contributed by atoms with Crippen LogP contribution in [0.1, 0.15) is 18.5 Å². The minimum Gasteiger partial charge on any atom is -0.494 e. The Morgan fingerprint density at radius 3 is 2.84 bits per heavy atom. The van der Waals surface area contributed by atoms with E-state index in [0.717, 1.165) is 0 Å². The van der Waals surface area contributed by atoms with Gasteiger partial charge in [0.15, 0.2) is 0 Å². The lowest BCUT2D eigenvalue weighted by Crippen LogP contribution is -2.49. The highest BCUT2D eigenvalue weighted by Crippen LogP contribution is 2.38. The molecule has 2 aliphatic rings. The summed E-state index contributed by atoms with van der Waals surface area (Å²) in [7, 11) is 0. The number of nitrogens with one attached hydrogen (secondary N) is 2. The van der Waals surface area contributed by atoms with Crippen molar-refractivity contribution >= 4 is 35.2 Å². The first kappa shape index (κ1) is 20.7. The summed E-state index contributed by atoms with van der Waals surface area (Å²) in [6.45, 7) is 1.92. The molecular weight excluding hydrogens is 422 g/mol. The number of halogens is 1. The summed E-state index contributed by atoms with van der Waals surface area (Å²) in [5.74, 6) is -0.405. The summed E-state index contributed by atoms with van der Waals surface area (Å²) in [5, 5.41) is 5.98. The third-order valence-corrected chi connectivity index (χ3v) is 5.17. The number of nitrogens with zero attached hydrogens (tertiary/aromatic N) is 1. The molecule has 0 fully saturated rings. The Morgan fingerprint density at radius 1 is 1.26 bits per heavy atom. The maximum atomic E-state index is 12.9. The third kappa shape index (κ3) is 4.20. The molecule has 160 valence electrons. The van der Waals surface area contributed by atoms with E-state index in [4.69, 9.17) is 21.1 Å². The van der Waals surface area contributed by atoms with Crippen molar-refractivity contribution in [3.05, 3.63) is 70.4 Å². The van der Waals surface area contributed by atoms with Crippen molar-refractivity contribution in [2.45, 2.75) is 13.0 Å². The van der Waals surface area contributed by atoms with Gasteiger partial charge < -0.3 is 20.1 Å². The van der Waals surface area contributed by atoms with Gasteiger partial charge in [-0.3, -0.25) is 9.69 Å². The molecule has 4 rings (SSSR count). The summed E-state index contributed by atoms with van der Waals surface area (Å²) >= 11 is 5.94. The molecule has 2 N–H and O–H groups in total. The van der Waals surface area contributed by atoms with E-state index in [1.807, 2.05) is 13.0 Å². The van der Waals surface area contributed by atoms with Crippen LogP contribution >= 0.6 is 11.6 Å². The number of anilines is 1. The number of ether oxygens (including phenoxy) is 2. The Balaban J connectivity index is 1.62. The topological polar surface area (TPSA) is 97.0 Å². The molecule has 2 aliphatic heterocycles. The summed E-state index contributed by atoms with van der Waals surface area (Å²) in [5.41, 5.74) is 1.81. The largest absolute Gasteiger partial charge is 0.494 e. The second kappa shape index (κ2) is 8.69. The lowest BCUT2D eigenvalue weighted by atomic mass is 9.95. The molecular formula is C22H20ClN3O5. The number of benzene rings is 2. The number of urea groups is 1. The molecule has 0 aliphatic carbocycles. The molecule has 8 nitrogen and oxygen atoms in total. The van der Waals surface area contributed by atoms with Gasteiger partial charge in [-0.05, 0) is 31.2 Å². The average molecular weight is 442 g/mol. The van der Waals surface area contributed by atoms with E-state index in [0.29, 0.717) is 39.9 Å². The van der Waals surface area contributed by atoms with E-state index in [-0.39, 0.29) is 13.2 Å². The van der Waals surface area contributed by atoms with Gasteiger partial charge in [-0.1, -0.05) is 35.9 Å². The Kier molecular flexibility index (Phi) is 5.81. The molecule has 0 spiro atoms. The maximum Gasteiger partial charge on any atom is 0.338 e. The SMILES string of the molecule is CCOc1ccccc1C1NC(=O)N(CC(=O)Nc2cccc(Cl)c2)C2=C1C(=O)OC2. The first-order valence-corrected chi connectivity index (χ1v) is 10.1. The van der Waals surface area contributed by atoms with Crippen molar-refractivity contribution in [3.8, 4) is 5.75 Å². The van der Waals surface area contributed by atoms with Crippen molar-refractivity contribution in [1.29, 1.82) is 0 Å². The minimum atomic E-state index is -0.729. The molecule has 1 atom stereocenters. The van der Waals surface area contributed by atoms with Gasteiger partial charge in [0.25, 0.3) is 0 Å². The van der Waals surface area contributed by atoms with Gasteiger partial charge in [0.2, 0.25) is 5.91 Å². The highest BCUT2D eigenvalue weighted by Gasteiger charge is 2.43. The fourth-order valence-electron chi connectivity index (χ4n) is 3.63. The van der Waals surface area contributed by atoms with Gasteiger partial charge in [-0.25, -0.2) is 9.59 Å². The van der Waals surface area contributed by atoms with Gasteiger partial charge in [-0.2, -0.15) is 0 Å². The highest BCUT2D eigenvalue weighted by molar-refractivity contribution is 6.30. The zero-order valence-corrected chi connectivity index (χ0v) is 17.4. The minimum absolute atomic E-state index is 0.0840. The molecule has 0 bridgehead atoms. The monoisotopic (exact) mass is 441 g/mol. The van der Waals surface area contributed by atoms with Crippen LogP contribution in [0.25, 0.3) is 0 Å². The molecule has 0 saturated carbocycles. The molecule has 2 aromatic rings. The van der Waals surface area contributed by atoms with Gasteiger partial charge in [0, 0.05) is 16.3 Å². The number of carbonyl (C=O) groups excluding carboxylic acids is 3. The molecule has 2 aromatic carbocycles. The van der Waals surface area contributed by atoms with Crippen molar-refractivity contribution in [2.75, 3.05) is 25.1 Å². The van der Waals surface area contributed by atoms with E-state index in [1.54, 1.807) is 42.5 Å². The number of para-hydroxylation sites is 1. The van der Waals surface area contributed by atoms with Gasteiger partial charge >= 0.3 is 12.0 Å². The van der Waals surface area contributed by atoms with E-state index >= 15 is 0 Å². The molecule has 3 amide bonds. The number of rotatable bonds is 6. The Morgan fingerprint density at radius 2 is 2.06 bits per heavy atom. The van der Waals surface area contributed by atoms with Crippen molar-refractivity contribution in [3.63, 3.8) is 0 Å². The fraction of sp³-hybridized carbons (Fsp3) is 0.227. The predicted molar refractivity (Wildman–Crippen MR) is 114 cm³/mol. The van der Waals surface area contributed by atoms with Crippen LogP contribution in [-0.2, 0) is 14.3 Å². The zero-order valence-electron chi connectivity index (χ0n) is 16.7. The maximum absolute atomic E-state index is 12.9. The standard InChI is InChI=1S/C22H20ClN3O5/c1-2-30-17-9-4-3-8-15(17)20-19-16(12-31-21(19)28)26(22(29)25-20)11-18(27)24-14-7-5-6-13(23)10-14/h3-10,20H,2,11-12H2,1H3,(H,24,27)(H,25,29). The number of cyclic esters (lactones) is 1. The Bertz CT molecular complexity index is 1080. The normalized spacial score (nSPS) is 17.7. The second-order valence-electron chi connectivity index (χ2n) is 6.93. The summed E-state index contributed by atoms with van der Waals surface area (Å²) in [6.07, 6.45) is 0. The molecule has 2 heterocycles. The molecule has 9 heteroatoms. The zero-order chi connectivity index (χ0) is 22.0. The average Bonchev–Trinajstić information content (AvgIpc) is 3.12. The van der Waals surface area contributed by atoms with E-state index in [2.05, 4.69) is 10.6 Å². The van der Waals surface area contributed by atoms with Crippen LogP contribution in [0.2, 0.25) is 5.02 Å². The van der Waals surface area contributed by atoms with Crippen LogP contribution in [0.5, 0.6) is 5.75 Å². The van der Waals surface area contributed by atoms with Crippen LogP contribution in [0.15, 0.2) is 59.8 Å². The number of amides is 3. The van der Waals surface area contributed by atoms with Gasteiger partial charge in [-0.15, -0.1) is 0 Å². The Labute approximate surface area is 183 Å². The smallest absolute Gasteiger partial charge is 0.338 e. The summed E-state index contributed by atoms with van der Waals surface area (Å²) in [6, 6.07) is 12.6. The molecule has 31 heavy (non-hydrogen) atoms. The first-order valence-electron chi connectivity index (χ1n) is 9.73. The highest BCUT2D eigenvalue weighted by atomic mass is 35.5. The van der Waals surface area contributed by atoms with Crippen LogP contribution in [0.3, 0.4) is 0 Å². The van der Waals surface area contributed by atoms with Crippen molar-refractivity contribution in [1.82, 2.24) is 10.2 Å². The van der Waals surface area contributed by atoms with Gasteiger partial charge in [0.05, 0.1) is 23.9 Å². The number of hydrogen-bond acceptors (Lipinski definition) is 5. The van der Waals surface area contributed by atoms with Crippen molar-refractivity contribution in [2.24, 2.45) is 0 Å². The molecule has 0 aromatic heterocycles. The Hall–Kier alpha value is -3.52. The van der Waals surface area contributed by atoms with Gasteiger partial charge in [0.1, 0.15) is 18.9 Å². The van der Waals surface area contributed by atoms with Crippen LogP contribution in [0.4, 0.5) is 10.5 Å². The van der Waals surface area contributed by atoms with Crippen LogP contribution in [-0.4, -0.2) is 42.6 Å². The van der Waals surface area contributed by atoms with Crippen LogP contribution in [0, 0.1) is 0 Å². The van der Waals surface area contributed by atoms with E-state index in [1.165, 1.54) is 4.90 Å². The number of esters is 1. The molecule has 1 unspecified atom stereocenters.